The maximum absolute atomic E-state index is 12.9. The van der Waals surface area contributed by atoms with Gasteiger partial charge < -0.3 is 9.64 Å². The average Bonchev–Trinajstić information content (AvgIpc) is 2.78. The first kappa shape index (κ1) is 26.0. The fourth-order valence-electron chi connectivity index (χ4n) is 3.13. The number of carbonyl (C=O) groups is 2. The average molecular weight is 536 g/mol. The summed E-state index contributed by atoms with van der Waals surface area (Å²) in [5.74, 6) is -0.864. The first-order valence-electron chi connectivity index (χ1n) is 10.3. The minimum absolute atomic E-state index is 0.136. The molecule has 0 aliphatic rings. The lowest BCUT2D eigenvalue weighted by Crippen LogP contribution is -2.42. The number of benzene rings is 3. The van der Waals surface area contributed by atoms with Crippen molar-refractivity contribution < 1.29 is 14.3 Å². The van der Waals surface area contributed by atoms with Gasteiger partial charge in [0, 0.05) is 15.7 Å². The molecule has 1 N–H and O–H groups in total. The van der Waals surface area contributed by atoms with Gasteiger partial charge in [0.1, 0.15) is 0 Å². The lowest BCUT2D eigenvalue weighted by Gasteiger charge is -2.26. The van der Waals surface area contributed by atoms with Crippen molar-refractivity contribution in [1.82, 2.24) is 5.32 Å². The number of hydrogen-bond donors (Lipinski definition) is 1. The quantitative estimate of drug-likeness (QED) is 0.276. The van der Waals surface area contributed by atoms with E-state index in [1.165, 1.54) is 0 Å². The van der Waals surface area contributed by atoms with Gasteiger partial charge in [-0.05, 0) is 85.7 Å². The van der Waals surface area contributed by atoms with Crippen molar-refractivity contribution in [3.8, 4) is 0 Å². The Labute approximate surface area is 218 Å². The standard InChI is InChI=1S/C25H21Cl3N2O3S/c1-3-33-24(32)16-6-9-19(10-7-16)30(14-17-5-8-18(26)13-21(17)27)25(34)29-23(31)20-11-4-15(2)12-22(20)28/h4-13H,3,14H2,1-2H3,(H,29,31,34). The summed E-state index contributed by atoms with van der Waals surface area (Å²) in [6, 6.07) is 17.0. The molecule has 0 saturated carbocycles. The van der Waals surface area contributed by atoms with Crippen molar-refractivity contribution in [2.24, 2.45) is 0 Å². The van der Waals surface area contributed by atoms with Gasteiger partial charge in [0.05, 0.1) is 29.3 Å². The minimum Gasteiger partial charge on any atom is -0.462 e. The molecular formula is C25H21Cl3N2O3S. The summed E-state index contributed by atoms with van der Waals surface area (Å²) in [4.78, 5) is 26.6. The number of esters is 1. The van der Waals surface area contributed by atoms with Gasteiger partial charge >= 0.3 is 5.97 Å². The normalized spacial score (nSPS) is 10.5. The number of carbonyl (C=O) groups excluding carboxylic acids is 2. The van der Waals surface area contributed by atoms with Gasteiger partial charge in [-0.25, -0.2) is 4.79 Å². The van der Waals surface area contributed by atoms with Crippen LogP contribution in [-0.2, 0) is 11.3 Å². The molecule has 3 aromatic carbocycles. The zero-order valence-electron chi connectivity index (χ0n) is 18.4. The Bertz CT molecular complexity index is 1230. The molecule has 3 aromatic rings. The second-order valence-corrected chi connectivity index (χ2v) is 8.97. The van der Waals surface area contributed by atoms with Crippen molar-refractivity contribution >= 4 is 69.7 Å². The first-order chi connectivity index (χ1) is 16.2. The first-order valence-corrected chi connectivity index (χ1v) is 11.8. The third kappa shape index (κ3) is 6.48. The number of anilines is 1. The number of halogens is 3. The molecule has 0 aliphatic carbocycles. The highest BCUT2D eigenvalue weighted by Crippen LogP contribution is 2.26. The number of nitrogens with zero attached hydrogens (tertiary/aromatic N) is 1. The molecule has 176 valence electrons. The highest BCUT2D eigenvalue weighted by molar-refractivity contribution is 7.80. The zero-order chi connectivity index (χ0) is 24.8. The van der Waals surface area contributed by atoms with Gasteiger partial charge in [0.2, 0.25) is 0 Å². The van der Waals surface area contributed by atoms with E-state index in [0.717, 1.165) is 11.1 Å². The van der Waals surface area contributed by atoms with E-state index < -0.39 is 11.9 Å². The molecule has 0 spiro atoms. The Balaban J connectivity index is 1.91. The molecule has 0 saturated heterocycles. The van der Waals surface area contributed by atoms with Crippen LogP contribution < -0.4 is 10.2 Å². The minimum atomic E-state index is -0.439. The molecule has 0 aromatic heterocycles. The van der Waals surface area contributed by atoms with Crippen molar-refractivity contribution in [2.45, 2.75) is 20.4 Å². The van der Waals surface area contributed by atoms with Gasteiger partial charge in [-0.2, -0.15) is 0 Å². The van der Waals surface area contributed by atoms with Gasteiger partial charge in [0.15, 0.2) is 5.11 Å². The molecule has 1 amide bonds. The van der Waals surface area contributed by atoms with Crippen LogP contribution in [0.15, 0.2) is 60.7 Å². The van der Waals surface area contributed by atoms with Crippen LogP contribution in [0.4, 0.5) is 5.69 Å². The Hall–Kier alpha value is -2.64. The third-order valence-electron chi connectivity index (χ3n) is 4.87. The van der Waals surface area contributed by atoms with Crippen molar-refractivity contribution in [2.75, 3.05) is 11.5 Å². The predicted octanol–water partition coefficient (Wildman–Crippen LogP) is 6.85. The van der Waals surface area contributed by atoms with Crippen LogP contribution in [0.5, 0.6) is 0 Å². The SMILES string of the molecule is CCOC(=O)c1ccc(N(Cc2ccc(Cl)cc2Cl)C(=S)NC(=O)c2ccc(C)cc2Cl)cc1. The van der Waals surface area contributed by atoms with E-state index in [0.29, 0.717) is 31.9 Å². The molecule has 9 heteroatoms. The summed E-state index contributed by atoms with van der Waals surface area (Å²) in [5.41, 5.74) is 3.02. The Kier molecular flexibility index (Phi) is 8.91. The lowest BCUT2D eigenvalue weighted by molar-refractivity contribution is 0.0526. The maximum atomic E-state index is 12.9. The van der Waals surface area contributed by atoms with E-state index in [4.69, 9.17) is 51.8 Å². The fraction of sp³-hybridized carbons (Fsp3) is 0.160. The lowest BCUT2D eigenvalue weighted by atomic mass is 10.1. The van der Waals surface area contributed by atoms with E-state index in [9.17, 15) is 9.59 Å². The molecule has 5 nitrogen and oxygen atoms in total. The summed E-state index contributed by atoms with van der Waals surface area (Å²) in [7, 11) is 0. The molecule has 0 bridgehead atoms. The smallest absolute Gasteiger partial charge is 0.338 e. The summed E-state index contributed by atoms with van der Waals surface area (Å²) in [5, 5.41) is 4.16. The number of hydrogen-bond acceptors (Lipinski definition) is 4. The highest BCUT2D eigenvalue weighted by Gasteiger charge is 2.20. The number of nitrogens with one attached hydrogen (secondary N) is 1. The van der Waals surface area contributed by atoms with Crippen LogP contribution in [0.3, 0.4) is 0 Å². The van der Waals surface area contributed by atoms with Crippen LogP contribution in [0, 0.1) is 6.92 Å². The van der Waals surface area contributed by atoms with E-state index in [2.05, 4.69) is 5.32 Å². The van der Waals surface area contributed by atoms with Crippen LogP contribution in [0.1, 0.15) is 38.8 Å². The molecule has 0 heterocycles. The summed E-state index contributed by atoms with van der Waals surface area (Å²) >= 11 is 24.3. The number of thiocarbonyl (C=S) groups is 1. The van der Waals surface area contributed by atoms with E-state index in [1.807, 2.05) is 6.92 Å². The highest BCUT2D eigenvalue weighted by atomic mass is 35.5. The van der Waals surface area contributed by atoms with Crippen molar-refractivity contribution in [3.63, 3.8) is 0 Å². The second-order valence-electron chi connectivity index (χ2n) is 7.33. The van der Waals surface area contributed by atoms with E-state index in [-0.39, 0.29) is 18.3 Å². The molecule has 0 unspecified atom stereocenters. The molecular weight excluding hydrogens is 515 g/mol. The van der Waals surface area contributed by atoms with Crippen LogP contribution in [0.25, 0.3) is 0 Å². The Morgan fingerprint density at radius 2 is 1.68 bits per heavy atom. The number of aryl methyl sites for hydroxylation is 1. The van der Waals surface area contributed by atoms with E-state index in [1.54, 1.807) is 72.5 Å². The molecule has 3 rings (SSSR count). The molecule has 0 fully saturated rings. The summed E-state index contributed by atoms with van der Waals surface area (Å²) in [6.45, 7) is 4.15. The fourth-order valence-corrected chi connectivity index (χ4v) is 4.18. The number of amides is 1. The predicted molar refractivity (Wildman–Crippen MR) is 141 cm³/mol. The van der Waals surface area contributed by atoms with Crippen molar-refractivity contribution in [1.29, 1.82) is 0 Å². The van der Waals surface area contributed by atoms with Gasteiger partial charge in [-0.1, -0.05) is 46.9 Å². The van der Waals surface area contributed by atoms with Gasteiger partial charge in [-0.3, -0.25) is 10.1 Å². The Morgan fingerprint density at radius 1 is 0.971 bits per heavy atom. The molecule has 0 radical (unpaired) electrons. The monoisotopic (exact) mass is 534 g/mol. The van der Waals surface area contributed by atoms with Crippen LogP contribution >= 0.6 is 47.0 Å². The van der Waals surface area contributed by atoms with Crippen LogP contribution in [-0.4, -0.2) is 23.6 Å². The largest absolute Gasteiger partial charge is 0.462 e. The molecule has 0 atom stereocenters. The maximum Gasteiger partial charge on any atom is 0.338 e. The van der Waals surface area contributed by atoms with Crippen molar-refractivity contribution in [3.05, 3.63) is 98.0 Å². The second kappa shape index (κ2) is 11.7. The Morgan fingerprint density at radius 3 is 2.29 bits per heavy atom. The summed E-state index contributed by atoms with van der Waals surface area (Å²) in [6.07, 6.45) is 0. The van der Waals surface area contributed by atoms with Gasteiger partial charge in [-0.15, -0.1) is 0 Å². The summed E-state index contributed by atoms with van der Waals surface area (Å²) < 4.78 is 5.04. The molecule has 0 aliphatic heterocycles. The zero-order valence-corrected chi connectivity index (χ0v) is 21.5. The third-order valence-corrected chi connectivity index (χ3v) is 6.09. The molecule has 34 heavy (non-hydrogen) atoms. The van der Waals surface area contributed by atoms with Gasteiger partial charge in [0.25, 0.3) is 5.91 Å². The number of ether oxygens (including phenoxy) is 1. The number of rotatable bonds is 6. The van der Waals surface area contributed by atoms with E-state index >= 15 is 0 Å². The topological polar surface area (TPSA) is 58.6 Å². The van der Waals surface area contributed by atoms with Crippen LogP contribution in [0.2, 0.25) is 15.1 Å².